The fourth-order valence-corrected chi connectivity index (χ4v) is 7.61. The van der Waals surface area contributed by atoms with Crippen molar-refractivity contribution < 1.29 is 27.9 Å². The summed E-state index contributed by atoms with van der Waals surface area (Å²) < 4.78 is 27.1. The van der Waals surface area contributed by atoms with E-state index < -0.39 is 33.6 Å². The Morgan fingerprint density at radius 3 is 2.44 bits per heavy atom. The van der Waals surface area contributed by atoms with E-state index in [1.54, 1.807) is 24.3 Å². The molecule has 2 aromatic rings. The van der Waals surface area contributed by atoms with Crippen LogP contribution < -0.4 is 0 Å². The third-order valence-corrected chi connectivity index (χ3v) is 9.97. The SMILES string of the molecule is CN1C=C2C(=O)N(C3CCN(C(=O)[C@@H](CS(=O)(=O)c4ccc5cc(Cl)ccc5c4)N(CCCl)C(=O)O)CC3)CN2C1. The van der Waals surface area contributed by atoms with Gasteiger partial charge < -0.3 is 24.7 Å². The molecule has 1 atom stereocenters. The van der Waals surface area contributed by atoms with Gasteiger partial charge in [0.2, 0.25) is 5.91 Å². The second-order valence-electron chi connectivity index (χ2n) is 10.5. The highest BCUT2D eigenvalue weighted by Gasteiger charge is 2.43. The lowest BCUT2D eigenvalue weighted by atomic mass is 10.0. The standard InChI is InChI=1S/C27H31Cl2N5O6S/c1-30-14-23-26(36)34(17-32(23)16-30)21-6-9-31(10-7-21)25(35)24(33(11-8-28)27(37)38)15-41(39,40)22-5-3-18-12-20(29)4-2-19(18)13-22/h2-5,12-14,21,24H,6-11,15-17H2,1H3,(H,37,38)/t24-/m1/s1. The van der Waals surface area contributed by atoms with Crippen LogP contribution in [0.5, 0.6) is 0 Å². The van der Waals surface area contributed by atoms with E-state index in [4.69, 9.17) is 23.2 Å². The first-order valence-electron chi connectivity index (χ1n) is 13.2. The fraction of sp³-hybridized carbons (Fsp3) is 0.444. The average Bonchev–Trinajstić information content (AvgIpc) is 3.46. The van der Waals surface area contributed by atoms with Crippen LogP contribution in [-0.4, -0.2) is 120 Å². The monoisotopic (exact) mass is 623 g/mol. The molecule has 0 spiro atoms. The normalized spacial score (nSPS) is 18.6. The topological polar surface area (TPSA) is 122 Å². The van der Waals surface area contributed by atoms with Gasteiger partial charge in [0.05, 0.1) is 24.0 Å². The van der Waals surface area contributed by atoms with Gasteiger partial charge in [0.1, 0.15) is 11.7 Å². The number of piperidine rings is 1. The van der Waals surface area contributed by atoms with E-state index in [9.17, 15) is 27.9 Å². The average molecular weight is 625 g/mol. The molecule has 1 N–H and O–H groups in total. The van der Waals surface area contributed by atoms with Crippen LogP contribution in [0, 0.1) is 0 Å². The molecule has 3 aliphatic rings. The van der Waals surface area contributed by atoms with Gasteiger partial charge in [-0.2, -0.15) is 0 Å². The van der Waals surface area contributed by atoms with Crippen molar-refractivity contribution in [1.82, 2.24) is 24.5 Å². The summed E-state index contributed by atoms with van der Waals surface area (Å²) in [5.41, 5.74) is 0.659. The Bertz CT molecular complexity index is 1510. The highest BCUT2D eigenvalue weighted by molar-refractivity contribution is 7.91. The number of benzene rings is 2. The van der Waals surface area contributed by atoms with E-state index in [0.717, 1.165) is 10.3 Å². The van der Waals surface area contributed by atoms with Crippen molar-refractivity contribution in [2.45, 2.75) is 29.8 Å². The first-order valence-corrected chi connectivity index (χ1v) is 15.8. The highest BCUT2D eigenvalue weighted by atomic mass is 35.5. The van der Waals surface area contributed by atoms with Crippen LogP contribution in [0.25, 0.3) is 10.8 Å². The van der Waals surface area contributed by atoms with Crippen molar-refractivity contribution in [2.24, 2.45) is 0 Å². The molecule has 41 heavy (non-hydrogen) atoms. The number of hydrogen-bond acceptors (Lipinski definition) is 7. The van der Waals surface area contributed by atoms with Gasteiger partial charge in [-0.3, -0.25) is 14.5 Å². The lowest BCUT2D eigenvalue weighted by Crippen LogP contribution is -2.56. The van der Waals surface area contributed by atoms with Gasteiger partial charge in [0.25, 0.3) is 5.91 Å². The van der Waals surface area contributed by atoms with E-state index >= 15 is 0 Å². The summed E-state index contributed by atoms with van der Waals surface area (Å²) in [6, 6.07) is 8.06. The molecule has 0 aliphatic carbocycles. The molecule has 2 saturated heterocycles. The molecule has 0 saturated carbocycles. The van der Waals surface area contributed by atoms with Crippen LogP contribution in [0.3, 0.4) is 0 Å². The molecule has 2 fully saturated rings. The molecule has 5 rings (SSSR count). The number of sulfone groups is 1. The molecule has 11 nitrogen and oxygen atoms in total. The zero-order valence-electron chi connectivity index (χ0n) is 22.4. The van der Waals surface area contributed by atoms with Gasteiger partial charge >= 0.3 is 6.09 Å². The number of amides is 3. The summed E-state index contributed by atoms with van der Waals surface area (Å²) in [5, 5.41) is 11.8. The summed E-state index contributed by atoms with van der Waals surface area (Å²) in [5.74, 6) is -1.47. The van der Waals surface area contributed by atoms with Gasteiger partial charge in [-0.25, -0.2) is 13.2 Å². The van der Waals surface area contributed by atoms with Crippen molar-refractivity contribution in [3.8, 4) is 0 Å². The van der Waals surface area contributed by atoms with Gasteiger partial charge in [-0.15, -0.1) is 11.6 Å². The number of carbonyl (C=O) groups is 3. The fourth-order valence-electron chi connectivity index (χ4n) is 5.74. The zero-order valence-corrected chi connectivity index (χ0v) is 24.8. The Kier molecular flexibility index (Phi) is 8.27. The van der Waals surface area contributed by atoms with E-state index in [0.29, 0.717) is 42.3 Å². The predicted molar refractivity (Wildman–Crippen MR) is 154 cm³/mol. The second kappa shape index (κ2) is 11.6. The van der Waals surface area contributed by atoms with Crippen molar-refractivity contribution in [1.29, 1.82) is 0 Å². The van der Waals surface area contributed by atoms with Gasteiger partial charge in [-0.05, 0) is 47.9 Å². The quantitative estimate of drug-likeness (QED) is 0.446. The molecule has 0 bridgehead atoms. The van der Waals surface area contributed by atoms with E-state index in [1.165, 1.54) is 17.0 Å². The maximum atomic E-state index is 13.8. The molecule has 0 radical (unpaired) electrons. The first-order chi connectivity index (χ1) is 19.5. The Balaban J connectivity index is 1.33. The van der Waals surface area contributed by atoms with Crippen molar-refractivity contribution in [3.05, 3.63) is 53.3 Å². The molecule has 0 aromatic heterocycles. The van der Waals surface area contributed by atoms with Crippen LogP contribution in [0.2, 0.25) is 5.02 Å². The Hall–Kier alpha value is -3.22. The highest BCUT2D eigenvalue weighted by Crippen LogP contribution is 2.30. The molecule has 3 aliphatic heterocycles. The van der Waals surface area contributed by atoms with Gasteiger partial charge in [-0.1, -0.05) is 23.7 Å². The smallest absolute Gasteiger partial charge is 0.408 e. The van der Waals surface area contributed by atoms with Crippen LogP contribution >= 0.6 is 23.2 Å². The van der Waals surface area contributed by atoms with Crippen molar-refractivity contribution in [3.63, 3.8) is 0 Å². The van der Waals surface area contributed by atoms with E-state index in [2.05, 4.69) is 0 Å². The lowest BCUT2D eigenvalue weighted by molar-refractivity contribution is -0.138. The minimum Gasteiger partial charge on any atom is -0.465 e. The summed E-state index contributed by atoms with van der Waals surface area (Å²) >= 11 is 11.9. The Morgan fingerprint density at radius 2 is 1.78 bits per heavy atom. The summed E-state index contributed by atoms with van der Waals surface area (Å²) in [6.45, 7) is 1.45. The summed E-state index contributed by atoms with van der Waals surface area (Å²) in [7, 11) is -2.18. The van der Waals surface area contributed by atoms with Crippen LogP contribution in [0.15, 0.2) is 53.2 Å². The first kappa shape index (κ1) is 29.3. The molecule has 220 valence electrons. The Labute approximate surface area is 248 Å². The maximum Gasteiger partial charge on any atom is 0.408 e. The number of carbonyl (C=O) groups excluding carboxylic acids is 2. The number of rotatable bonds is 8. The minimum absolute atomic E-state index is 0.0203. The summed E-state index contributed by atoms with van der Waals surface area (Å²) in [4.78, 5) is 46.9. The number of fused-ring (bicyclic) bond motifs is 2. The largest absolute Gasteiger partial charge is 0.465 e. The molecule has 0 unspecified atom stereocenters. The second-order valence-corrected chi connectivity index (χ2v) is 13.4. The number of likely N-dealkylation sites (tertiary alicyclic amines) is 1. The van der Waals surface area contributed by atoms with Crippen LogP contribution in [-0.2, 0) is 19.4 Å². The third kappa shape index (κ3) is 5.91. The minimum atomic E-state index is -4.08. The molecule has 3 heterocycles. The lowest BCUT2D eigenvalue weighted by Gasteiger charge is -2.39. The van der Waals surface area contributed by atoms with Crippen molar-refractivity contribution in [2.75, 3.05) is 51.7 Å². The summed E-state index contributed by atoms with van der Waals surface area (Å²) in [6.07, 6.45) is 1.41. The molecule has 3 amide bonds. The van der Waals surface area contributed by atoms with Gasteiger partial charge in [0.15, 0.2) is 9.84 Å². The molecule has 14 heteroatoms. The third-order valence-electron chi connectivity index (χ3n) is 7.84. The van der Waals surface area contributed by atoms with Crippen LogP contribution in [0.1, 0.15) is 12.8 Å². The number of nitrogens with zero attached hydrogens (tertiary/aromatic N) is 5. The number of halogens is 2. The maximum absolute atomic E-state index is 13.8. The van der Waals surface area contributed by atoms with E-state index in [-0.39, 0.29) is 42.4 Å². The number of carboxylic acid groups (broad SMARTS) is 1. The number of hydrogen-bond donors (Lipinski definition) is 1. The van der Waals surface area contributed by atoms with Gasteiger partial charge in [0, 0.05) is 49.8 Å². The molecular weight excluding hydrogens is 593 g/mol. The Morgan fingerprint density at radius 1 is 1.10 bits per heavy atom. The zero-order chi connectivity index (χ0) is 29.5. The van der Waals surface area contributed by atoms with Crippen LogP contribution in [0.4, 0.5) is 4.79 Å². The number of alkyl halides is 1. The predicted octanol–water partition coefficient (Wildman–Crippen LogP) is 2.69. The molecular formula is C27H31Cl2N5O6S. The van der Waals surface area contributed by atoms with E-state index in [1.807, 2.05) is 27.9 Å². The molecule has 2 aromatic carbocycles. The van der Waals surface area contributed by atoms with Crippen molar-refractivity contribution >= 4 is 61.7 Å².